The molecule has 0 heterocycles. The average Bonchev–Trinajstić information content (AvgIpc) is 2.58. The van der Waals surface area contributed by atoms with Crippen molar-refractivity contribution in [3.05, 3.63) is 58.9 Å². The van der Waals surface area contributed by atoms with E-state index in [9.17, 15) is 14.0 Å². The molecule has 0 saturated heterocycles. The molecule has 2 N–H and O–H groups in total. The number of nitrogens with one attached hydrogen (secondary N) is 2. The van der Waals surface area contributed by atoms with Crippen molar-refractivity contribution in [3.63, 3.8) is 0 Å². The summed E-state index contributed by atoms with van der Waals surface area (Å²) in [4.78, 5) is 23.8. The van der Waals surface area contributed by atoms with Crippen molar-refractivity contribution in [2.75, 3.05) is 18.5 Å². The highest BCUT2D eigenvalue weighted by atomic mass is 19.1. The Hall–Kier alpha value is -2.89. The van der Waals surface area contributed by atoms with Crippen LogP contribution in [0.15, 0.2) is 36.4 Å². The van der Waals surface area contributed by atoms with Crippen LogP contribution >= 0.6 is 0 Å². The van der Waals surface area contributed by atoms with Crippen LogP contribution in [-0.4, -0.2) is 25.0 Å². The molecule has 0 bridgehead atoms. The standard InChI is InChI=1S/C20H23FN2O3/c1-13-10-14(2)20(15(3)11-13)23-19(25)12-22-18(24)8-9-26-17-7-5-4-6-16(17)21/h4-7,10-11H,8-9,12H2,1-3H3,(H,22,24)(H,23,25). The second-order valence-electron chi connectivity index (χ2n) is 6.13. The number of rotatable bonds is 7. The Labute approximate surface area is 152 Å². The first-order valence-corrected chi connectivity index (χ1v) is 8.38. The van der Waals surface area contributed by atoms with E-state index in [0.29, 0.717) is 0 Å². The molecule has 2 amide bonds. The lowest BCUT2D eigenvalue weighted by molar-refractivity contribution is -0.124. The first-order chi connectivity index (χ1) is 12.4. The van der Waals surface area contributed by atoms with Crippen LogP contribution in [0.2, 0.25) is 0 Å². The van der Waals surface area contributed by atoms with Crippen molar-refractivity contribution in [3.8, 4) is 5.75 Å². The molecule has 0 unspecified atom stereocenters. The predicted molar refractivity (Wildman–Crippen MR) is 98.8 cm³/mol. The minimum absolute atomic E-state index is 0.0319. The van der Waals surface area contributed by atoms with Gasteiger partial charge in [0.2, 0.25) is 11.8 Å². The summed E-state index contributed by atoms with van der Waals surface area (Å²) in [5.74, 6) is -1.02. The molecule has 0 aliphatic rings. The van der Waals surface area contributed by atoms with E-state index in [0.717, 1.165) is 22.4 Å². The lowest BCUT2D eigenvalue weighted by atomic mass is 10.1. The van der Waals surface area contributed by atoms with E-state index in [2.05, 4.69) is 10.6 Å². The van der Waals surface area contributed by atoms with E-state index in [1.54, 1.807) is 12.1 Å². The number of carbonyl (C=O) groups excluding carboxylic acids is 2. The third kappa shape index (κ3) is 5.58. The van der Waals surface area contributed by atoms with Gasteiger partial charge in [0.15, 0.2) is 11.6 Å². The Balaban J connectivity index is 1.75. The molecule has 0 aliphatic carbocycles. The zero-order chi connectivity index (χ0) is 19.1. The van der Waals surface area contributed by atoms with Crippen LogP contribution in [-0.2, 0) is 9.59 Å². The highest BCUT2D eigenvalue weighted by Crippen LogP contribution is 2.21. The van der Waals surface area contributed by atoms with Gasteiger partial charge >= 0.3 is 0 Å². The molecular weight excluding hydrogens is 335 g/mol. The molecule has 0 saturated carbocycles. The number of ether oxygens (including phenoxy) is 1. The Morgan fingerprint density at radius 3 is 2.35 bits per heavy atom. The highest BCUT2D eigenvalue weighted by molar-refractivity contribution is 5.95. The van der Waals surface area contributed by atoms with Gasteiger partial charge in [-0.25, -0.2) is 4.39 Å². The maximum Gasteiger partial charge on any atom is 0.243 e. The zero-order valence-corrected chi connectivity index (χ0v) is 15.2. The van der Waals surface area contributed by atoms with Gasteiger partial charge in [-0.3, -0.25) is 9.59 Å². The Morgan fingerprint density at radius 2 is 1.69 bits per heavy atom. The molecule has 0 radical (unpaired) electrons. The van der Waals surface area contributed by atoms with Gasteiger partial charge < -0.3 is 15.4 Å². The molecule has 5 nitrogen and oxygen atoms in total. The van der Waals surface area contributed by atoms with Crippen LogP contribution in [0.4, 0.5) is 10.1 Å². The molecular formula is C20H23FN2O3. The lowest BCUT2D eigenvalue weighted by Crippen LogP contribution is -2.33. The fraction of sp³-hybridized carbons (Fsp3) is 0.300. The molecule has 6 heteroatoms. The quantitative estimate of drug-likeness (QED) is 0.798. The Kier molecular flexibility index (Phi) is 6.72. The van der Waals surface area contributed by atoms with Gasteiger partial charge in [0, 0.05) is 5.69 Å². The van der Waals surface area contributed by atoms with Crippen LogP contribution in [0, 0.1) is 26.6 Å². The van der Waals surface area contributed by atoms with Gasteiger partial charge in [-0.2, -0.15) is 0 Å². The molecule has 0 spiro atoms. The minimum Gasteiger partial charge on any atom is -0.490 e. The highest BCUT2D eigenvalue weighted by Gasteiger charge is 2.10. The molecule has 0 aromatic heterocycles. The van der Waals surface area contributed by atoms with Gasteiger partial charge in [-0.15, -0.1) is 0 Å². The van der Waals surface area contributed by atoms with Crippen molar-refractivity contribution >= 4 is 17.5 Å². The smallest absolute Gasteiger partial charge is 0.243 e. The van der Waals surface area contributed by atoms with Gasteiger partial charge in [-0.1, -0.05) is 29.8 Å². The first-order valence-electron chi connectivity index (χ1n) is 8.38. The molecule has 138 valence electrons. The summed E-state index contributed by atoms with van der Waals surface area (Å²) in [6, 6.07) is 9.97. The van der Waals surface area contributed by atoms with E-state index in [-0.39, 0.29) is 37.1 Å². The fourth-order valence-electron chi connectivity index (χ4n) is 2.64. The maximum atomic E-state index is 13.4. The molecule has 26 heavy (non-hydrogen) atoms. The number of amides is 2. The molecule has 0 fully saturated rings. The number of hydrogen-bond donors (Lipinski definition) is 2. The van der Waals surface area contributed by atoms with Crippen molar-refractivity contribution in [2.45, 2.75) is 27.2 Å². The molecule has 2 aromatic carbocycles. The largest absolute Gasteiger partial charge is 0.490 e. The molecule has 2 aromatic rings. The number of benzene rings is 2. The van der Waals surface area contributed by atoms with E-state index >= 15 is 0 Å². The summed E-state index contributed by atoms with van der Waals surface area (Å²) in [5, 5.41) is 5.35. The number of hydrogen-bond acceptors (Lipinski definition) is 3. The third-order valence-corrected chi connectivity index (χ3v) is 3.81. The maximum absolute atomic E-state index is 13.4. The summed E-state index contributed by atoms with van der Waals surface area (Å²) in [6.45, 7) is 5.74. The summed E-state index contributed by atoms with van der Waals surface area (Å²) in [5.41, 5.74) is 3.83. The number of anilines is 1. The Bertz CT molecular complexity index is 782. The lowest BCUT2D eigenvalue weighted by Gasteiger charge is -2.13. The summed E-state index contributed by atoms with van der Waals surface area (Å²) in [6.07, 6.45) is 0.0319. The van der Waals surface area contributed by atoms with Crippen molar-refractivity contribution < 1.29 is 18.7 Å². The molecule has 0 atom stereocenters. The van der Waals surface area contributed by atoms with Crippen molar-refractivity contribution in [1.82, 2.24) is 5.32 Å². The van der Waals surface area contributed by atoms with E-state index < -0.39 is 5.82 Å². The van der Waals surface area contributed by atoms with Crippen LogP contribution in [0.5, 0.6) is 5.75 Å². The monoisotopic (exact) mass is 358 g/mol. The van der Waals surface area contributed by atoms with E-state index in [1.165, 1.54) is 12.1 Å². The minimum atomic E-state index is -0.476. The van der Waals surface area contributed by atoms with Crippen LogP contribution in [0.3, 0.4) is 0 Å². The number of carbonyl (C=O) groups is 2. The average molecular weight is 358 g/mol. The fourth-order valence-corrected chi connectivity index (χ4v) is 2.64. The number of para-hydroxylation sites is 1. The zero-order valence-electron chi connectivity index (χ0n) is 15.2. The normalized spacial score (nSPS) is 10.3. The Morgan fingerprint density at radius 1 is 1.04 bits per heavy atom. The summed E-state index contributed by atoms with van der Waals surface area (Å²) >= 11 is 0. The van der Waals surface area contributed by atoms with Crippen molar-refractivity contribution in [2.24, 2.45) is 0 Å². The second kappa shape index (κ2) is 8.99. The van der Waals surface area contributed by atoms with Crippen LogP contribution in [0.1, 0.15) is 23.1 Å². The van der Waals surface area contributed by atoms with Crippen LogP contribution < -0.4 is 15.4 Å². The molecule has 0 aliphatic heterocycles. The third-order valence-electron chi connectivity index (χ3n) is 3.81. The molecule has 2 rings (SSSR count). The second-order valence-corrected chi connectivity index (χ2v) is 6.13. The summed E-state index contributed by atoms with van der Waals surface area (Å²) < 4.78 is 18.6. The topological polar surface area (TPSA) is 67.4 Å². The first kappa shape index (κ1) is 19.4. The van der Waals surface area contributed by atoms with E-state index in [1.807, 2.05) is 32.9 Å². The SMILES string of the molecule is Cc1cc(C)c(NC(=O)CNC(=O)CCOc2ccccc2F)c(C)c1. The van der Waals surface area contributed by atoms with Crippen molar-refractivity contribution in [1.29, 1.82) is 0 Å². The van der Waals surface area contributed by atoms with Gasteiger partial charge in [0.05, 0.1) is 19.6 Å². The number of aryl methyl sites for hydroxylation is 3. The van der Waals surface area contributed by atoms with Gasteiger partial charge in [-0.05, 0) is 44.0 Å². The number of halogens is 1. The van der Waals surface area contributed by atoms with Gasteiger partial charge in [0.1, 0.15) is 0 Å². The van der Waals surface area contributed by atoms with Gasteiger partial charge in [0.25, 0.3) is 0 Å². The van der Waals surface area contributed by atoms with Crippen LogP contribution in [0.25, 0.3) is 0 Å². The van der Waals surface area contributed by atoms with E-state index in [4.69, 9.17) is 4.74 Å². The predicted octanol–water partition coefficient (Wildman–Crippen LogP) is 3.27. The summed E-state index contributed by atoms with van der Waals surface area (Å²) in [7, 11) is 0.